The Morgan fingerprint density at radius 3 is 2.62 bits per heavy atom. The van der Waals surface area contributed by atoms with Crippen molar-refractivity contribution in [2.24, 2.45) is 5.92 Å². The predicted octanol–water partition coefficient (Wildman–Crippen LogP) is 2.31. The summed E-state index contributed by atoms with van der Waals surface area (Å²) in [6, 6.07) is 1.76. The molecule has 0 radical (unpaired) electrons. The zero-order valence-electron chi connectivity index (χ0n) is 18.6. The molecule has 3 heterocycles. The second-order valence-electron chi connectivity index (χ2n) is 8.88. The number of nitrogens with two attached hydrogens (primary N) is 1. The number of likely N-dealkylation sites (tertiary alicyclic amines) is 2. The van der Waals surface area contributed by atoms with Crippen LogP contribution in [0.2, 0.25) is 5.02 Å². The zero-order valence-corrected chi connectivity index (χ0v) is 19.3. The summed E-state index contributed by atoms with van der Waals surface area (Å²) < 4.78 is 5.67. The Morgan fingerprint density at radius 2 is 1.94 bits per heavy atom. The molecule has 0 bridgehead atoms. The van der Waals surface area contributed by atoms with Crippen LogP contribution in [0.5, 0.6) is 5.75 Å². The van der Waals surface area contributed by atoms with Crippen molar-refractivity contribution in [3.63, 3.8) is 0 Å². The fourth-order valence-electron chi connectivity index (χ4n) is 4.93. The van der Waals surface area contributed by atoms with Crippen LogP contribution in [0, 0.1) is 17.8 Å². The zero-order chi connectivity index (χ0) is 22.7. The molecule has 2 fully saturated rings. The second kappa shape index (κ2) is 10.0. The first-order chi connectivity index (χ1) is 15.5. The number of halogens is 1. The van der Waals surface area contributed by atoms with Gasteiger partial charge in [-0.3, -0.25) is 9.59 Å². The first-order valence-corrected chi connectivity index (χ1v) is 11.8. The molecule has 0 unspecified atom stereocenters. The Hall–Kier alpha value is -2.43. The third-order valence-corrected chi connectivity index (χ3v) is 7.10. The van der Waals surface area contributed by atoms with Gasteiger partial charge in [-0.2, -0.15) is 0 Å². The van der Waals surface area contributed by atoms with E-state index in [2.05, 4.69) is 22.1 Å². The topological polar surface area (TPSA) is 87.9 Å². The molecule has 3 aliphatic rings. The first kappa shape index (κ1) is 22.8. The van der Waals surface area contributed by atoms with Crippen LogP contribution in [0.15, 0.2) is 6.07 Å². The number of anilines is 1. The SMILES string of the molecule is CC#CC(=O)N1CCC(CN2CCC(NC(=O)c3cc(Cl)c(N)c4c3OCC4)CC2)CC1. The number of carbonyl (C=O) groups is 2. The van der Waals surface area contributed by atoms with Gasteiger partial charge in [-0.05, 0) is 50.5 Å². The highest BCUT2D eigenvalue weighted by Crippen LogP contribution is 2.38. The van der Waals surface area contributed by atoms with Crippen molar-refractivity contribution in [3.05, 3.63) is 22.2 Å². The maximum atomic E-state index is 12.9. The number of ether oxygens (including phenoxy) is 1. The Balaban J connectivity index is 1.24. The fraction of sp³-hybridized carbons (Fsp3) is 0.583. The van der Waals surface area contributed by atoms with E-state index in [1.807, 2.05) is 4.90 Å². The molecular weight excluding hydrogens is 428 g/mol. The van der Waals surface area contributed by atoms with Gasteiger partial charge in [-0.1, -0.05) is 17.5 Å². The van der Waals surface area contributed by atoms with Crippen molar-refractivity contribution >= 4 is 29.1 Å². The van der Waals surface area contributed by atoms with Crippen LogP contribution >= 0.6 is 11.6 Å². The number of nitrogen functional groups attached to an aromatic ring is 1. The second-order valence-corrected chi connectivity index (χ2v) is 9.29. The number of amides is 2. The van der Waals surface area contributed by atoms with Gasteiger partial charge in [0.25, 0.3) is 11.8 Å². The van der Waals surface area contributed by atoms with Crippen molar-refractivity contribution in [1.82, 2.24) is 15.1 Å². The van der Waals surface area contributed by atoms with Gasteiger partial charge < -0.3 is 25.6 Å². The summed E-state index contributed by atoms with van der Waals surface area (Å²) in [6.45, 7) is 6.78. The molecule has 1 aromatic carbocycles. The summed E-state index contributed by atoms with van der Waals surface area (Å²) in [5.74, 6) is 6.31. The van der Waals surface area contributed by atoms with Crippen LogP contribution in [0.4, 0.5) is 5.69 Å². The number of piperidine rings is 2. The lowest BCUT2D eigenvalue weighted by Crippen LogP contribution is -2.47. The molecule has 0 aromatic heterocycles. The minimum Gasteiger partial charge on any atom is -0.492 e. The molecule has 0 atom stereocenters. The normalized spacial score (nSPS) is 19.6. The number of rotatable bonds is 4. The first-order valence-electron chi connectivity index (χ1n) is 11.4. The molecule has 2 saturated heterocycles. The summed E-state index contributed by atoms with van der Waals surface area (Å²) in [6.07, 6.45) is 4.56. The van der Waals surface area contributed by atoms with Gasteiger partial charge in [0.2, 0.25) is 0 Å². The third-order valence-electron chi connectivity index (χ3n) is 6.79. The van der Waals surface area contributed by atoms with E-state index in [-0.39, 0.29) is 17.9 Å². The Kier molecular flexibility index (Phi) is 7.12. The molecule has 0 saturated carbocycles. The van der Waals surface area contributed by atoms with E-state index in [1.54, 1.807) is 13.0 Å². The molecule has 0 spiro atoms. The van der Waals surface area contributed by atoms with Gasteiger partial charge >= 0.3 is 0 Å². The average Bonchev–Trinajstić information content (AvgIpc) is 3.28. The lowest BCUT2D eigenvalue weighted by molar-refractivity contribution is -0.126. The van der Waals surface area contributed by atoms with E-state index in [1.165, 1.54) is 0 Å². The van der Waals surface area contributed by atoms with E-state index in [4.69, 9.17) is 22.1 Å². The highest BCUT2D eigenvalue weighted by Gasteiger charge is 2.29. The van der Waals surface area contributed by atoms with E-state index in [0.29, 0.717) is 41.0 Å². The number of hydrogen-bond donors (Lipinski definition) is 2. The van der Waals surface area contributed by atoms with Crippen LogP contribution in [-0.2, 0) is 11.2 Å². The van der Waals surface area contributed by atoms with E-state index >= 15 is 0 Å². The molecule has 0 aliphatic carbocycles. The lowest BCUT2D eigenvalue weighted by atomic mass is 9.94. The van der Waals surface area contributed by atoms with Gasteiger partial charge in [0.05, 0.1) is 22.9 Å². The van der Waals surface area contributed by atoms with E-state index in [0.717, 1.165) is 64.0 Å². The molecule has 4 rings (SSSR count). The molecule has 8 heteroatoms. The summed E-state index contributed by atoms with van der Waals surface area (Å²) >= 11 is 6.24. The fourth-order valence-corrected chi connectivity index (χ4v) is 5.15. The maximum absolute atomic E-state index is 12.9. The summed E-state index contributed by atoms with van der Waals surface area (Å²) in [4.78, 5) is 29.2. The lowest BCUT2D eigenvalue weighted by Gasteiger charge is -2.37. The van der Waals surface area contributed by atoms with E-state index < -0.39 is 0 Å². The summed E-state index contributed by atoms with van der Waals surface area (Å²) in [5, 5.41) is 3.57. The molecule has 1 aromatic rings. The number of nitrogens with one attached hydrogen (secondary N) is 1. The van der Waals surface area contributed by atoms with Crippen molar-refractivity contribution < 1.29 is 14.3 Å². The highest BCUT2D eigenvalue weighted by atomic mass is 35.5. The summed E-state index contributed by atoms with van der Waals surface area (Å²) in [5.41, 5.74) is 7.87. The number of carbonyl (C=O) groups excluding carboxylic acids is 2. The molecule has 3 aliphatic heterocycles. The number of hydrogen-bond acceptors (Lipinski definition) is 5. The van der Waals surface area contributed by atoms with Crippen molar-refractivity contribution in [1.29, 1.82) is 0 Å². The minimum absolute atomic E-state index is 0.0547. The number of nitrogens with zero attached hydrogens (tertiary/aromatic N) is 2. The molecule has 172 valence electrons. The van der Waals surface area contributed by atoms with Crippen LogP contribution in [0.3, 0.4) is 0 Å². The van der Waals surface area contributed by atoms with Crippen molar-refractivity contribution in [2.45, 2.75) is 45.1 Å². The quantitative estimate of drug-likeness (QED) is 0.534. The van der Waals surface area contributed by atoms with Crippen molar-refractivity contribution in [2.75, 3.05) is 45.1 Å². The van der Waals surface area contributed by atoms with Crippen molar-refractivity contribution in [3.8, 4) is 17.6 Å². The van der Waals surface area contributed by atoms with Gasteiger partial charge in [0.15, 0.2) is 0 Å². The highest BCUT2D eigenvalue weighted by molar-refractivity contribution is 6.33. The Labute approximate surface area is 194 Å². The molecule has 7 nitrogen and oxygen atoms in total. The van der Waals surface area contributed by atoms with Crippen LogP contribution in [0.1, 0.15) is 48.5 Å². The van der Waals surface area contributed by atoms with Crippen LogP contribution < -0.4 is 15.8 Å². The third kappa shape index (κ3) is 4.97. The number of benzene rings is 1. The Morgan fingerprint density at radius 1 is 1.22 bits per heavy atom. The summed E-state index contributed by atoms with van der Waals surface area (Å²) in [7, 11) is 0. The van der Waals surface area contributed by atoms with Gasteiger partial charge in [-0.25, -0.2) is 0 Å². The smallest absolute Gasteiger partial charge is 0.298 e. The molecule has 2 amide bonds. The molecular formula is C24H31ClN4O3. The van der Waals surface area contributed by atoms with Crippen LogP contribution in [0.25, 0.3) is 0 Å². The van der Waals surface area contributed by atoms with E-state index in [9.17, 15) is 9.59 Å². The van der Waals surface area contributed by atoms with Gasteiger partial charge in [0, 0.05) is 50.7 Å². The van der Waals surface area contributed by atoms with Gasteiger partial charge in [-0.15, -0.1) is 0 Å². The average molecular weight is 459 g/mol. The standard InChI is InChI=1S/C24H31ClN4O3/c1-2-3-21(30)29-11-4-16(5-12-29)15-28-9-6-17(7-10-28)27-24(31)19-14-20(25)22(26)18-8-13-32-23(18)19/h14,16-17H,4-13,15,26H2,1H3,(H,27,31). The largest absolute Gasteiger partial charge is 0.492 e. The Bertz CT molecular complexity index is 939. The number of fused-ring (bicyclic) bond motifs is 1. The predicted molar refractivity (Wildman–Crippen MR) is 125 cm³/mol. The molecule has 3 N–H and O–H groups in total. The monoisotopic (exact) mass is 458 g/mol. The van der Waals surface area contributed by atoms with Gasteiger partial charge in [0.1, 0.15) is 5.75 Å². The van der Waals surface area contributed by atoms with Crippen LogP contribution in [-0.4, -0.2) is 67.0 Å². The maximum Gasteiger partial charge on any atom is 0.298 e. The minimum atomic E-state index is -0.143. The molecule has 32 heavy (non-hydrogen) atoms.